The lowest BCUT2D eigenvalue weighted by molar-refractivity contribution is 1.28. The molecule has 0 aliphatic heterocycles. The quantitative estimate of drug-likeness (QED) is 0.142. The number of benzene rings is 10. The van der Waals surface area contributed by atoms with E-state index in [1.165, 1.54) is 77.5 Å². The number of para-hydroxylation sites is 1. The van der Waals surface area contributed by atoms with E-state index in [0.717, 1.165) is 17.1 Å². The van der Waals surface area contributed by atoms with Crippen LogP contribution in [0.3, 0.4) is 0 Å². The molecular weight excluding hydrogens is 711 g/mol. The molecule has 0 heterocycles. The van der Waals surface area contributed by atoms with Gasteiger partial charge in [-0.1, -0.05) is 212 Å². The van der Waals surface area contributed by atoms with E-state index in [1.54, 1.807) is 0 Å². The molecule has 0 aromatic heterocycles. The Labute approximate surface area is 346 Å². The highest BCUT2D eigenvalue weighted by Gasteiger charge is 2.18. The molecule has 0 atom stereocenters. The average molecular weight is 752 g/mol. The number of rotatable bonds is 9. The lowest BCUT2D eigenvalue weighted by Crippen LogP contribution is -2.09. The zero-order valence-corrected chi connectivity index (χ0v) is 32.6. The molecule has 0 radical (unpaired) electrons. The van der Waals surface area contributed by atoms with Crippen molar-refractivity contribution in [2.45, 2.75) is 0 Å². The molecule has 1 heteroatoms. The molecule has 59 heavy (non-hydrogen) atoms. The Morgan fingerprint density at radius 1 is 0.186 bits per heavy atom. The van der Waals surface area contributed by atoms with Crippen molar-refractivity contribution in [2.24, 2.45) is 0 Å². The number of hydrogen-bond acceptors (Lipinski definition) is 1. The Morgan fingerprint density at radius 3 is 1.02 bits per heavy atom. The van der Waals surface area contributed by atoms with E-state index in [9.17, 15) is 0 Å². The molecule has 0 fully saturated rings. The third kappa shape index (κ3) is 7.01. The van der Waals surface area contributed by atoms with Crippen molar-refractivity contribution in [2.75, 3.05) is 4.90 Å². The maximum Gasteiger partial charge on any atom is 0.0462 e. The van der Waals surface area contributed by atoms with E-state index < -0.39 is 0 Å². The van der Waals surface area contributed by atoms with Crippen molar-refractivity contribution in [1.82, 2.24) is 0 Å². The van der Waals surface area contributed by atoms with Gasteiger partial charge in [0.15, 0.2) is 0 Å². The summed E-state index contributed by atoms with van der Waals surface area (Å²) in [6, 6.07) is 89.6. The van der Waals surface area contributed by atoms with Crippen LogP contribution in [0.5, 0.6) is 0 Å². The van der Waals surface area contributed by atoms with Crippen LogP contribution in [-0.4, -0.2) is 0 Å². The third-order valence-electron chi connectivity index (χ3n) is 11.3. The van der Waals surface area contributed by atoms with Crippen molar-refractivity contribution in [3.63, 3.8) is 0 Å². The van der Waals surface area contributed by atoms with Gasteiger partial charge < -0.3 is 4.90 Å². The topological polar surface area (TPSA) is 3.24 Å². The Morgan fingerprint density at radius 2 is 0.508 bits per heavy atom. The summed E-state index contributed by atoms with van der Waals surface area (Å²) < 4.78 is 0. The van der Waals surface area contributed by atoms with Gasteiger partial charge >= 0.3 is 0 Å². The molecule has 0 bridgehead atoms. The fourth-order valence-corrected chi connectivity index (χ4v) is 8.54. The molecule has 0 amide bonds. The lowest BCUT2D eigenvalue weighted by Gasteiger charge is -2.26. The lowest BCUT2D eigenvalue weighted by atomic mass is 9.87. The first-order chi connectivity index (χ1) is 29.3. The van der Waals surface area contributed by atoms with Crippen LogP contribution in [0.25, 0.3) is 77.5 Å². The molecule has 10 aromatic rings. The number of hydrogen-bond donors (Lipinski definition) is 0. The van der Waals surface area contributed by atoms with Gasteiger partial charge in [0.1, 0.15) is 0 Å². The van der Waals surface area contributed by atoms with Crippen LogP contribution in [0.1, 0.15) is 0 Å². The Kier molecular flexibility index (Phi) is 9.68. The molecule has 10 aromatic carbocycles. The van der Waals surface area contributed by atoms with E-state index in [4.69, 9.17) is 0 Å². The summed E-state index contributed by atoms with van der Waals surface area (Å²) in [5.41, 5.74) is 17.9. The molecule has 0 aliphatic rings. The Bertz CT molecular complexity index is 2990. The second-order valence-corrected chi connectivity index (χ2v) is 14.8. The largest absolute Gasteiger partial charge is 0.311 e. The van der Waals surface area contributed by atoms with Crippen molar-refractivity contribution in [1.29, 1.82) is 0 Å². The summed E-state index contributed by atoms with van der Waals surface area (Å²) in [4.78, 5) is 2.34. The van der Waals surface area contributed by atoms with Crippen LogP contribution < -0.4 is 4.90 Å². The summed E-state index contributed by atoms with van der Waals surface area (Å²) in [6.07, 6.45) is 0. The second kappa shape index (κ2) is 16.0. The first-order valence-electron chi connectivity index (χ1n) is 20.3. The fourth-order valence-electron chi connectivity index (χ4n) is 8.54. The molecule has 1 nitrogen and oxygen atoms in total. The van der Waals surface area contributed by atoms with Gasteiger partial charge in [-0.2, -0.15) is 0 Å². The molecule has 0 unspecified atom stereocenters. The van der Waals surface area contributed by atoms with E-state index in [0.29, 0.717) is 0 Å². The van der Waals surface area contributed by atoms with E-state index >= 15 is 0 Å². The van der Waals surface area contributed by atoms with Gasteiger partial charge in [0, 0.05) is 17.1 Å². The highest BCUT2D eigenvalue weighted by atomic mass is 15.1. The summed E-state index contributed by atoms with van der Waals surface area (Å²) >= 11 is 0. The minimum Gasteiger partial charge on any atom is -0.311 e. The van der Waals surface area contributed by atoms with Crippen LogP contribution >= 0.6 is 0 Å². The molecule has 278 valence electrons. The van der Waals surface area contributed by atoms with Gasteiger partial charge in [0.2, 0.25) is 0 Å². The van der Waals surface area contributed by atoms with Crippen LogP contribution in [0.2, 0.25) is 0 Å². The summed E-state index contributed by atoms with van der Waals surface area (Å²) in [6.45, 7) is 0. The number of anilines is 3. The van der Waals surface area contributed by atoms with Crippen molar-refractivity contribution >= 4 is 27.8 Å². The Balaban J connectivity index is 1.04. The highest BCUT2D eigenvalue weighted by molar-refractivity contribution is 6.12. The van der Waals surface area contributed by atoms with Crippen LogP contribution in [0.15, 0.2) is 249 Å². The van der Waals surface area contributed by atoms with E-state index in [-0.39, 0.29) is 0 Å². The summed E-state index contributed by atoms with van der Waals surface area (Å²) in [7, 11) is 0. The second-order valence-electron chi connectivity index (χ2n) is 14.8. The standard InChI is InChI=1S/C58H41N/c1-5-18-42(19-6-1)50-26-13-15-28-55(50)56-29-16-14-27-51(56)45-32-36-48(37-33-45)59(47-24-11-4-12-25-47)49-38-34-46(35-39-49)54-41-40-52(43-20-7-2-8-21-43)57-31-17-30-53(58(54)57)44-22-9-3-10-23-44/h1-41H. The SMILES string of the molecule is c1ccc(-c2ccccc2-c2ccccc2-c2ccc(N(c3ccccc3)c3ccc(-c4ccc(-c5ccccc5)c5cccc(-c6ccccc6)c45)cc3)cc2)cc1. The minimum atomic E-state index is 1.10. The van der Waals surface area contributed by atoms with E-state index in [1.807, 2.05) is 0 Å². The predicted molar refractivity (Wildman–Crippen MR) is 251 cm³/mol. The Hall–Kier alpha value is -7.74. The van der Waals surface area contributed by atoms with Gasteiger partial charge in [0.25, 0.3) is 0 Å². The predicted octanol–water partition coefficient (Wildman–Crippen LogP) is 16.3. The molecule has 0 aliphatic carbocycles. The van der Waals surface area contributed by atoms with Gasteiger partial charge in [-0.25, -0.2) is 0 Å². The summed E-state index contributed by atoms with van der Waals surface area (Å²) in [5.74, 6) is 0. The van der Waals surface area contributed by atoms with Crippen LogP contribution in [0.4, 0.5) is 17.1 Å². The monoisotopic (exact) mass is 751 g/mol. The minimum absolute atomic E-state index is 1.10. The first kappa shape index (κ1) is 35.7. The van der Waals surface area contributed by atoms with Crippen molar-refractivity contribution in [3.8, 4) is 66.8 Å². The van der Waals surface area contributed by atoms with Gasteiger partial charge in [0.05, 0.1) is 0 Å². The zero-order chi connectivity index (χ0) is 39.4. The number of nitrogens with zero attached hydrogens (tertiary/aromatic N) is 1. The molecule has 0 saturated heterocycles. The van der Waals surface area contributed by atoms with Crippen LogP contribution in [-0.2, 0) is 0 Å². The zero-order valence-electron chi connectivity index (χ0n) is 32.6. The van der Waals surface area contributed by atoms with Crippen molar-refractivity contribution in [3.05, 3.63) is 249 Å². The molecule has 0 N–H and O–H groups in total. The van der Waals surface area contributed by atoms with Crippen LogP contribution in [0, 0.1) is 0 Å². The third-order valence-corrected chi connectivity index (χ3v) is 11.3. The van der Waals surface area contributed by atoms with Gasteiger partial charge in [-0.15, -0.1) is 0 Å². The maximum atomic E-state index is 2.34. The van der Waals surface area contributed by atoms with E-state index in [2.05, 4.69) is 254 Å². The normalized spacial score (nSPS) is 11.1. The first-order valence-corrected chi connectivity index (χ1v) is 20.3. The fraction of sp³-hybridized carbons (Fsp3) is 0. The highest BCUT2D eigenvalue weighted by Crippen LogP contribution is 2.43. The van der Waals surface area contributed by atoms with Gasteiger partial charge in [-0.05, 0) is 114 Å². The molecule has 0 spiro atoms. The molecular formula is C58H41N. The smallest absolute Gasteiger partial charge is 0.0462 e. The average Bonchev–Trinajstić information content (AvgIpc) is 3.33. The van der Waals surface area contributed by atoms with Gasteiger partial charge in [-0.3, -0.25) is 0 Å². The molecule has 0 saturated carbocycles. The summed E-state index contributed by atoms with van der Waals surface area (Å²) in [5, 5.41) is 2.50. The van der Waals surface area contributed by atoms with Crippen molar-refractivity contribution < 1.29 is 0 Å². The number of fused-ring (bicyclic) bond motifs is 1. The maximum absolute atomic E-state index is 2.34. The molecule has 10 rings (SSSR count).